The maximum absolute atomic E-state index is 12.2. The number of fused-ring (bicyclic) bond motifs is 2. The molecule has 0 aromatic carbocycles. The van der Waals surface area contributed by atoms with Crippen molar-refractivity contribution in [1.82, 2.24) is 15.5 Å². The molecule has 4 nitrogen and oxygen atoms in total. The van der Waals surface area contributed by atoms with Gasteiger partial charge >= 0.3 is 0 Å². The molecule has 2 saturated carbocycles. The van der Waals surface area contributed by atoms with Crippen molar-refractivity contribution in [3.8, 4) is 0 Å². The van der Waals surface area contributed by atoms with Crippen molar-refractivity contribution in [3.05, 3.63) is 17.0 Å². The Morgan fingerprint density at radius 2 is 2.29 bits per heavy atom. The van der Waals surface area contributed by atoms with Gasteiger partial charge in [0.15, 0.2) is 5.69 Å². The predicted octanol–water partition coefficient (Wildman–Crippen LogP) is 1.43. The van der Waals surface area contributed by atoms with Crippen LogP contribution in [0.2, 0.25) is 0 Å². The quantitative estimate of drug-likeness (QED) is 0.809. The predicted molar refractivity (Wildman–Crippen MR) is 62.7 cm³/mol. The Bertz CT molecular complexity index is 479. The molecule has 4 heteroatoms. The van der Waals surface area contributed by atoms with Crippen LogP contribution >= 0.6 is 0 Å². The first-order valence-electron chi connectivity index (χ1n) is 6.70. The topological polar surface area (TPSA) is 57.8 Å². The summed E-state index contributed by atoms with van der Waals surface area (Å²) in [5, 5.41) is 10.4. The monoisotopic (exact) mass is 231 g/mol. The molecule has 1 aromatic heterocycles. The zero-order valence-electron chi connectivity index (χ0n) is 9.83. The number of H-pyrrole nitrogens is 1. The molecule has 4 rings (SSSR count). The van der Waals surface area contributed by atoms with Gasteiger partial charge in [-0.15, -0.1) is 0 Å². The Morgan fingerprint density at radius 3 is 3.06 bits per heavy atom. The first-order chi connectivity index (χ1) is 8.33. The van der Waals surface area contributed by atoms with Gasteiger partial charge in [0.25, 0.3) is 5.91 Å². The summed E-state index contributed by atoms with van der Waals surface area (Å²) in [6, 6.07) is 0.418. The smallest absolute Gasteiger partial charge is 0.272 e. The van der Waals surface area contributed by atoms with Crippen LogP contribution in [-0.4, -0.2) is 22.1 Å². The van der Waals surface area contributed by atoms with Crippen LogP contribution in [0, 0.1) is 11.8 Å². The molecular weight excluding hydrogens is 214 g/mol. The minimum absolute atomic E-state index is 0.0435. The molecule has 1 aromatic rings. The largest absolute Gasteiger partial charge is 0.348 e. The zero-order chi connectivity index (χ0) is 11.4. The Balaban J connectivity index is 1.52. The average molecular weight is 231 g/mol. The number of nitrogens with one attached hydrogen (secondary N) is 2. The van der Waals surface area contributed by atoms with Crippen LogP contribution in [0.1, 0.15) is 47.4 Å². The molecule has 3 atom stereocenters. The minimum atomic E-state index is 0.0435. The summed E-state index contributed by atoms with van der Waals surface area (Å²) in [6.45, 7) is 0. The third kappa shape index (κ3) is 1.43. The third-order valence-electron chi connectivity index (χ3n) is 4.68. The fraction of sp³-hybridized carbons (Fsp3) is 0.692. The van der Waals surface area contributed by atoms with E-state index in [0.717, 1.165) is 43.1 Å². The van der Waals surface area contributed by atoms with E-state index in [1.54, 1.807) is 0 Å². The number of rotatable bonds is 2. The average Bonchev–Trinajstić information content (AvgIpc) is 2.67. The number of amides is 1. The van der Waals surface area contributed by atoms with Gasteiger partial charge in [0.05, 0.1) is 0 Å². The standard InChI is InChI=1S/C13H17N3O/c17-13(14-10-5-4-7-6-9(7)10)12-8-2-1-3-11(8)15-16-12/h7,9-10H,1-6H2,(H,14,17)(H,15,16). The molecule has 17 heavy (non-hydrogen) atoms. The Hall–Kier alpha value is -1.32. The summed E-state index contributed by atoms with van der Waals surface area (Å²) >= 11 is 0. The summed E-state index contributed by atoms with van der Waals surface area (Å²) in [4.78, 5) is 12.2. The molecule has 1 amide bonds. The van der Waals surface area contributed by atoms with Gasteiger partial charge in [-0.05, 0) is 50.4 Å². The second-order valence-corrected chi connectivity index (χ2v) is 5.70. The van der Waals surface area contributed by atoms with E-state index in [9.17, 15) is 4.79 Å². The van der Waals surface area contributed by atoms with Crippen molar-refractivity contribution in [2.24, 2.45) is 11.8 Å². The molecule has 0 radical (unpaired) electrons. The highest BCUT2D eigenvalue weighted by atomic mass is 16.2. The first-order valence-corrected chi connectivity index (χ1v) is 6.70. The van der Waals surface area contributed by atoms with Gasteiger partial charge in [0.1, 0.15) is 0 Å². The van der Waals surface area contributed by atoms with Crippen LogP contribution < -0.4 is 5.32 Å². The highest BCUT2D eigenvalue weighted by Gasteiger charge is 2.48. The van der Waals surface area contributed by atoms with Crippen molar-refractivity contribution in [1.29, 1.82) is 0 Å². The molecule has 3 unspecified atom stereocenters. The second-order valence-electron chi connectivity index (χ2n) is 5.70. The number of carbonyl (C=O) groups is 1. The summed E-state index contributed by atoms with van der Waals surface area (Å²) < 4.78 is 0. The van der Waals surface area contributed by atoms with E-state index in [2.05, 4.69) is 15.5 Å². The van der Waals surface area contributed by atoms with Gasteiger partial charge in [-0.3, -0.25) is 9.89 Å². The lowest BCUT2D eigenvalue weighted by molar-refractivity contribution is 0.0927. The highest BCUT2D eigenvalue weighted by molar-refractivity contribution is 5.94. The maximum Gasteiger partial charge on any atom is 0.272 e. The highest BCUT2D eigenvalue weighted by Crippen LogP contribution is 2.51. The molecule has 90 valence electrons. The van der Waals surface area contributed by atoms with Crippen molar-refractivity contribution < 1.29 is 4.79 Å². The van der Waals surface area contributed by atoms with Crippen LogP contribution in [0.25, 0.3) is 0 Å². The number of aromatic amines is 1. The van der Waals surface area contributed by atoms with Crippen LogP contribution in [0.4, 0.5) is 0 Å². The number of hydrogen-bond donors (Lipinski definition) is 2. The van der Waals surface area contributed by atoms with E-state index in [4.69, 9.17) is 0 Å². The molecule has 1 heterocycles. The van der Waals surface area contributed by atoms with Crippen molar-refractivity contribution in [2.45, 2.75) is 44.6 Å². The van der Waals surface area contributed by atoms with Crippen molar-refractivity contribution >= 4 is 5.91 Å². The van der Waals surface area contributed by atoms with Crippen molar-refractivity contribution in [3.63, 3.8) is 0 Å². The van der Waals surface area contributed by atoms with E-state index in [1.165, 1.54) is 18.5 Å². The van der Waals surface area contributed by atoms with Gasteiger partial charge < -0.3 is 5.32 Å². The normalized spacial score (nSPS) is 33.3. The van der Waals surface area contributed by atoms with Gasteiger partial charge in [0.2, 0.25) is 0 Å². The van der Waals surface area contributed by atoms with Gasteiger partial charge in [0, 0.05) is 17.3 Å². The van der Waals surface area contributed by atoms with Crippen LogP contribution in [0.3, 0.4) is 0 Å². The summed E-state index contributed by atoms with van der Waals surface area (Å²) in [5.41, 5.74) is 2.99. The number of nitrogens with zero attached hydrogens (tertiary/aromatic N) is 1. The van der Waals surface area contributed by atoms with Crippen molar-refractivity contribution in [2.75, 3.05) is 0 Å². The number of hydrogen-bond acceptors (Lipinski definition) is 2. The molecule has 2 N–H and O–H groups in total. The van der Waals surface area contributed by atoms with E-state index in [0.29, 0.717) is 11.7 Å². The Kier molecular flexibility index (Phi) is 1.90. The van der Waals surface area contributed by atoms with Crippen LogP contribution in [0.5, 0.6) is 0 Å². The zero-order valence-corrected chi connectivity index (χ0v) is 9.83. The van der Waals surface area contributed by atoms with Gasteiger partial charge in [-0.25, -0.2) is 0 Å². The Morgan fingerprint density at radius 1 is 1.35 bits per heavy atom. The fourth-order valence-electron chi connectivity index (χ4n) is 3.63. The van der Waals surface area contributed by atoms with Gasteiger partial charge in [-0.2, -0.15) is 5.10 Å². The number of aromatic nitrogens is 2. The number of aryl methyl sites for hydroxylation is 1. The molecule has 3 aliphatic carbocycles. The molecule has 0 aliphatic heterocycles. The SMILES string of the molecule is O=C(NC1CCC2CC21)c1n[nH]c2c1CCC2. The van der Waals surface area contributed by atoms with E-state index in [1.807, 2.05) is 0 Å². The first kappa shape index (κ1) is 9.68. The van der Waals surface area contributed by atoms with Crippen LogP contribution in [0.15, 0.2) is 0 Å². The van der Waals surface area contributed by atoms with E-state index < -0.39 is 0 Å². The number of carbonyl (C=O) groups excluding carboxylic acids is 1. The fourth-order valence-corrected chi connectivity index (χ4v) is 3.63. The molecule has 0 saturated heterocycles. The molecule has 0 bridgehead atoms. The maximum atomic E-state index is 12.2. The summed E-state index contributed by atoms with van der Waals surface area (Å²) in [5.74, 6) is 1.72. The second kappa shape index (κ2) is 3.34. The lowest BCUT2D eigenvalue weighted by Gasteiger charge is -2.13. The minimum Gasteiger partial charge on any atom is -0.348 e. The molecule has 0 spiro atoms. The van der Waals surface area contributed by atoms with Gasteiger partial charge in [-0.1, -0.05) is 0 Å². The molecule has 3 aliphatic rings. The Labute approximate surface area is 100 Å². The van der Waals surface area contributed by atoms with Crippen LogP contribution in [-0.2, 0) is 12.8 Å². The van der Waals surface area contributed by atoms with E-state index >= 15 is 0 Å². The summed E-state index contributed by atoms with van der Waals surface area (Å²) in [7, 11) is 0. The molecule has 2 fully saturated rings. The van der Waals surface area contributed by atoms with E-state index in [-0.39, 0.29) is 5.91 Å². The lowest BCUT2D eigenvalue weighted by Crippen LogP contribution is -2.35. The third-order valence-corrected chi connectivity index (χ3v) is 4.68. The summed E-state index contributed by atoms with van der Waals surface area (Å²) in [6.07, 6.45) is 6.98. The molecular formula is C13H17N3O. The lowest BCUT2D eigenvalue weighted by atomic mass is 10.1.